The fourth-order valence-corrected chi connectivity index (χ4v) is 15.2. The molecule has 4 fully saturated rings. The Morgan fingerprint density at radius 1 is 0.452 bits per heavy atom. The van der Waals surface area contributed by atoms with Gasteiger partial charge in [0, 0.05) is 27.8 Å². The van der Waals surface area contributed by atoms with Crippen LogP contribution < -0.4 is 4.90 Å². The molecule has 7 unspecified atom stereocenters. The Morgan fingerprint density at radius 2 is 1.11 bits per heavy atom. The highest BCUT2D eigenvalue weighted by Crippen LogP contribution is 2.67. The fraction of sp³-hybridized carbons (Fsp3) is 0.311. The normalized spacial score (nSPS) is 27.1. The molecule has 7 aromatic rings. The highest BCUT2D eigenvalue weighted by molar-refractivity contribution is 5.94. The lowest BCUT2D eigenvalue weighted by atomic mass is 9.57. The Balaban J connectivity index is 1.06. The number of benzene rings is 7. The van der Waals surface area contributed by atoms with Crippen LogP contribution in [-0.2, 0) is 10.8 Å². The maximum Gasteiger partial charge on any atom is 0.0540 e. The number of rotatable bonds is 6. The average Bonchev–Trinajstić information content (AvgIpc) is 4.08. The van der Waals surface area contributed by atoms with E-state index in [2.05, 4.69) is 176 Å². The van der Waals surface area contributed by atoms with Gasteiger partial charge in [0.25, 0.3) is 0 Å². The first-order chi connectivity index (χ1) is 30.6. The van der Waals surface area contributed by atoms with Crippen molar-refractivity contribution in [1.82, 2.24) is 0 Å². The van der Waals surface area contributed by atoms with E-state index in [1.807, 2.05) is 0 Å². The topological polar surface area (TPSA) is 3.24 Å². The summed E-state index contributed by atoms with van der Waals surface area (Å²) < 4.78 is 0. The maximum absolute atomic E-state index is 2.70. The van der Waals surface area contributed by atoms with E-state index in [0.29, 0.717) is 11.8 Å². The van der Waals surface area contributed by atoms with Crippen LogP contribution >= 0.6 is 0 Å². The SMILES string of the molecule is CCC1CCC2CCCC(C2)C12c1ccccc1-c1ccc(N(c3ccc4c(c3)-c3ccccc3C43CC4CCC3C4)c3ccc(-c4ccccc4)cc3-c3ccccc3)cc12. The van der Waals surface area contributed by atoms with Gasteiger partial charge < -0.3 is 4.90 Å². The first-order valence-electron chi connectivity index (χ1n) is 24.2. The van der Waals surface area contributed by atoms with Gasteiger partial charge in [-0.1, -0.05) is 166 Å². The van der Waals surface area contributed by atoms with Crippen LogP contribution in [0.25, 0.3) is 44.5 Å². The quantitative estimate of drug-likeness (QED) is 0.162. The molecule has 1 heteroatoms. The van der Waals surface area contributed by atoms with Crippen molar-refractivity contribution >= 4 is 17.1 Å². The molecule has 0 amide bonds. The van der Waals surface area contributed by atoms with E-state index in [4.69, 9.17) is 0 Å². The smallest absolute Gasteiger partial charge is 0.0540 e. The maximum atomic E-state index is 2.70. The molecule has 7 atom stereocenters. The van der Waals surface area contributed by atoms with E-state index in [0.717, 1.165) is 17.8 Å². The van der Waals surface area contributed by atoms with Crippen LogP contribution in [-0.4, -0.2) is 0 Å². The molecular formula is C61H57N. The van der Waals surface area contributed by atoms with E-state index in [9.17, 15) is 0 Å². The molecule has 0 heterocycles. The highest BCUT2D eigenvalue weighted by Gasteiger charge is 2.57. The van der Waals surface area contributed by atoms with Crippen molar-refractivity contribution in [2.45, 2.75) is 88.4 Å². The van der Waals surface area contributed by atoms with Gasteiger partial charge in [0.1, 0.15) is 0 Å². The van der Waals surface area contributed by atoms with Gasteiger partial charge in [-0.25, -0.2) is 0 Å². The third-order valence-electron chi connectivity index (χ3n) is 17.6. The predicted octanol–water partition coefficient (Wildman–Crippen LogP) is 16.5. The van der Waals surface area contributed by atoms with Crippen molar-refractivity contribution < 1.29 is 0 Å². The molecule has 0 aliphatic heterocycles. The molecule has 6 aliphatic carbocycles. The van der Waals surface area contributed by atoms with Gasteiger partial charge in [0.05, 0.1) is 5.69 Å². The number of anilines is 3. The zero-order valence-electron chi connectivity index (χ0n) is 36.2. The molecule has 0 radical (unpaired) electrons. The van der Waals surface area contributed by atoms with Crippen LogP contribution in [0.3, 0.4) is 0 Å². The van der Waals surface area contributed by atoms with Crippen LogP contribution in [0.1, 0.15) is 99.8 Å². The Morgan fingerprint density at radius 3 is 1.89 bits per heavy atom. The summed E-state index contributed by atoms with van der Waals surface area (Å²) in [6.45, 7) is 2.49. The number of hydrogen-bond acceptors (Lipinski definition) is 1. The van der Waals surface area contributed by atoms with Gasteiger partial charge in [-0.05, 0) is 166 Å². The third kappa shape index (κ3) is 5.21. The molecule has 2 spiro atoms. The summed E-state index contributed by atoms with van der Waals surface area (Å²) in [5.74, 6) is 3.75. The highest BCUT2D eigenvalue weighted by atomic mass is 15.1. The van der Waals surface area contributed by atoms with E-state index in [-0.39, 0.29) is 10.8 Å². The van der Waals surface area contributed by atoms with Crippen LogP contribution in [0.5, 0.6) is 0 Å². The van der Waals surface area contributed by atoms with E-state index in [1.165, 1.54) is 132 Å². The molecule has 0 N–H and O–H groups in total. The largest absolute Gasteiger partial charge is 0.310 e. The second kappa shape index (κ2) is 14.2. The zero-order chi connectivity index (χ0) is 41.0. The standard InChI is InChI=1S/C61H57N/c1-2-45-27-24-40-14-13-19-47(34-40)61(45)57-23-12-10-20-50(57)52-31-29-49(38-58(52)61)62(59-33-26-44(42-15-5-3-6-16-42)36-53(59)43-17-7-4-8-18-43)48-30-32-56-54(37-48)51-21-9-11-22-55(51)60(56)39-41-25-28-46(60)35-41/h3-12,15-18,20-23,26,29-33,36-38,40-41,45-47H,2,13-14,19,24-25,27-28,34-35,39H2,1H3. The van der Waals surface area contributed by atoms with Crippen molar-refractivity contribution in [2.75, 3.05) is 4.90 Å². The Hall–Kier alpha value is -5.66. The van der Waals surface area contributed by atoms with Crippen LogP contribution in [0.15, 0.2) is 164 Å². The van der Waals surface area contributed by atoms with Crippen LogP contribution in [0.4, 0.5) is 17.1 Å². The van der Waals surface area contributed by atoms with Crippen LogP contribution in [0, 0.1) is 29.6 Å². The van der Waals surface area contributed by atoms with Gasteiger partial charge >= 0.3 is 0 Å². The van der Waals surface area contributed by atoms with Gasteiger partial charge in [-0.15, -0.1) is 0 Å². The number of nitrogens with zero attached hydrogens (tertiary/aromatic N) is 1. The first-order valence-corrected chi connectivity index (χ1v) is 24.2. The Kier molecular flexibility index (Phi) is 8.45. The lowest BCUT2D eigenvalue weighted by molar-refractivity contribution is 0.171. The molecule has 7 aromatic carbocycles. The molecule has 13 rings (SSSR count). The summed E-state index contributed by atoms with van der Waals surface area (Å²) in [7, 11) is 0. The van der Waals surface area contributed by atoms with Crippen LogP contribution in [0.2, 0.25) is 0 Å². The number of hydrogen-bond donors (Lipinski definition) is 0. The number of fused-ring (bicyclic) bond motifs is 16. The Bertz CT molecular complexity index is 2850. The van der Waals surface area contributed by atoms with Crippen molar-refractivity contribution in [3.05, 3.63) is 186 Å². The summed E-state index contributed by atoms with van der Waals surface area (Å²) in [6, 6.07) is 63.8. The second-order valence-electron chi connectivity index (χ2n) is 20.2. The molecule has 4 bridgehead atoms. The Labute approximate surface area is 368 Å². The molecular weight excluding hydrogens is 747 g/mol. The van der Waals surface area contributed by atoms with Gasteiger partial charge in [0.2, 0.25) is 0 Å². The summed E-state index contributed by atoms with van der Waals surface area (Å²) in [4.78, 5) is 2.66. The summed E-state index contributed by atoms with van der Waals surface area (Å²) in [6.07, 6.45) is 14.9. The lowest BCUT2D eigenvalue weighted by Gasteiger charge is -2.46. The van der Waals surface area contributed by atoms with Gasteiger partial charge in [-0.3, -0.25) is 0 Å². The minimum atomic E-state index is 0.0298. The molecule has 6 aliphatic rings. The van der Waals surface area contributed by atoms with Crippen molar-refractivity contribution in [3.8, 4) is 44.5 Å². The van der Waals surface area contributed by atoms with Gasteiger partial charge in [-0.2, -0.15) is 0 Å². The van der Waals surface area contributed by atoms with Crippen molar-refractivity contribution in [3.63, 3.8) is 0 Å². The zero-order valence-corrected chi connectivity index (χ0v) is 36.2. The van der Waals surface area contributed by atoms with Crippen molar-refractivity contribution in [2.24, 2.45) is 29.6 Å². The lowest BCUT2D eigenvalue weighted by Crippen LogP contribution is -2.42. The van der Waals surface area contributed by atoms with E-state index in [1.54, 1.807) is 22.3 Å². The van der Waals surface area contributed by atoms with E-state index >= 15 is 0 Å². The molecule has 62 heavy (non-hydrogen) atoms. The molecule has 306 valence electrons. The minimum absolute atomic E-state index is 0.0298. The molecule has 0 aromatic heterocycles. The average molecular weight is 804 g/mol. The van der Waals surface area contributed by atoms with E-state index < -0.39 is 0 Å². The molecule has 0 saturated heterocycles. The van der Waals surface area contributed by atoms with Crippen molar-refractivity contribution in [1.29, 1.82) is 0 Å². The monoisotopic (exact) mass is 803 g/mol. The second-order valence-corrected chi connectivity index (χ2v) is 20.2. The summed E-state index contributed by atoms with van der Waals surface area (Å²) in [5.41, 5.74) is 21.1. The predicted molar refractivity (Wildman–Crippen MR) is 258 cm³/mol. The molecule has 4 saturated carbocycles. The third-order valence-corrected chi connectivity index (χ3v) is 17.6. The summed E-state index contributed by atoms with van der Waals surface area (Å²) >= 11 is 0. The minimum Gasteiger partial charge on any atom is -0.310 e. The van der Waals surface area contributed by atoms with Gasteiger partial charge in [0.15, 0.2) is 0 Å². The fourth-order valence-electron chi connectivity index (χ4n) is 15.2. The molecule has 1 nitrogen and oxygen atoms in total. The first kappa shape index (κ1) is 36.9. The summed E-state index contributed by atoms with van der Waals surface area (Å²) in [5, 5.41) is 0.